The summed E-state index contributed by atoms with van der Waals surface area (Å²) >= 11 is 4.31. The second-order valence-electron chi connectivity index (χ2n) is 7.56. The number of nitriles is 1. The van der Waals surface area contributed by atoms with Gasteiger partial charge in [-0.3, -0.25) is 4.79 Å². The lowest BCUT2D eigenvalue weighted by molar-refractivity contribution is -0.112. The number of rotatable bonds is 7. The first kappa shape index (κ1) is 25.0. The molecular weight excluding hydrogens is 666 g/mol. The Morgan fingerprint density at radius 1 is 1.00 bits per heavy atom. The molecule has 35 heavy (non-hydrogen) atoms. The number of amides is 1. The molecule has 0 fully saturated rings. The Morgan fingerprint density at radius 3 is 2.51 bits per heavy atom. The maximum absolute atomic E-state index is 12.7. The van der Waals surface area contributed by atoms with E-state index in [1.807, 2.05) is 54.6 Å². The van der Waals surface area contributed by atoms with Crippen molar-refractivity contribution in [1.82, 2.24) is 0 Å². The van der Waals surface area contributed by atoms with Gasteiger partial charge in [-0.05, 0) is 97.4 Å². The molecule has 0 atom stereocenters. The minimum atomic E-state index is -0.470. The number of nitrogens with one attached hydrogen (secondary N) is 1. The van der Waals surface area contributed by atoms with Gasteiger partial charge in [0.1, 0.15) is 18.2 Å². The second kappa shape index (κ2) is 11.6. The predicted molar refractivity (Wildman–Crippen MR) is 155 cm³/mol. The highest BCUT2D eigenvalue weighted by molar-refractivity contribution is 14.1. The Balaban J connectivity index is 1.58. The van der Waals surface area contributed by atoms with E-state index in [1.165, 1.54) is 0 Å². The number of ether oxygens (including phenoxy) is 2. The molecule has 0 saturated heterocycles. The third kappa shape index (κ3) is 5.94. The summed E-state index contributed by atoms with van der Waals surface area (Å²) in [6, 6.07) is 27.3. The summed E-state index contributed by atoms with van der Waals surface area (Å²) in [5, 5.41) is 14.7. The fourth-order valence-electron chi connectivity index (χ4n) is 3.60. The van der Waals surface area contributed by atoms with Crippen LogP contribution < -0.4 is 14.8 Å². The van der Waals surface area contributed by atoms with Gasteiger partial charge >= 0.3 is 0 Å². The zero-order valence-corrected chi connectivity index (χ0v) is 23.0. The number of anilines is 1. The second-order valence-corrected chi connectivity index (χ2v) is 9.89. The SMILES string of the molecule is COc1cc(/C=C(/C#N)C(=O)Nc2ccccc2I)cc(I)c1OCc1cccc2ccccc12. The number of fused-ring (bicyclic) bond motifs is 1. The summed E-state index contributed by atoms with van der Waals surface area (Å²) in [6.45, 7) is 0.379. The summed E-state index contributed by atoms with van der Waals surface area (Å²) < 4.78 is 13.5. The van der Waals surface area contributed by atoms with Crippen molar-refractivity contribution in [3.63, 3.8) is 0 Å². The number of methoxy groups -OCH3 is 1. The molecule has 0 saturated carbocycles. The van der Waals surface area contributed by atoms with Crippen molar-refractivity contribution >= 4 is 73.6 Å². The van der Waals surface area contributed by atoms with Crippen LogP contribution in [-0.4, -0.2) is 13.0 Å². The third-order valence-corrected chi connectivity index (χ3v) is 7.04. The van der Waals surface area contributed by atoms with E-state index in [9.17, 15) is 10.1 Å². The highest BCUT2D eigenvalue weighted by atomic mass is 127. The maximum Gasteiger partial charge on any atom is 0.266 e. The van der Waals surface area contributed by atoms with Crippen LogP contribution in [0, 0.1) is 18.5 Å². The largest absolute Gasteiger partial charge is 0.493 e. The van der Waals surface area contributed by atoms with Crippen LogP contribution in [-0.2, 0) is 11.4 Å². The van der Waals surface area contributed by atoms with E-state index in [4.69, 9.17) is 9.47 Å². The molecule has 0 unspecified atom stereocenters. The van der Waals surface area contributed by atoms with Crippen LogP contribution in [0.3, 0.4) is 0 Å². The van der Waals surface area contributed by atoms with Gasteiger partial charge in [0.15, 0.2) is 11.5 Å². The quantitative estimate of drug-likeness (QED) is 0.127. The summed E-state index contributed by atoms with van der Waals surface area (Å²) in [5.74, 6) is 0.667. The molecule has 0 aliphatic carbocycles. The Bertz CT molecular complexity index is 1470. The predicted octanol–water partition coefficient (Wildman–Crippen LogP) is 7.18. The first-order chi connectivity index (χ1) is 17.0. The van der Waals surface area contributed by atoms with Crippen LogP contribution in [0.4, 0.5) is 5.69 Å². The molecule has 0 heterocycles. The van der Waals surface area contributed by atoms with Crippen molar-refractivity contribution in [2.45, 2.75) is 6.61 Å². The van der Waals surface area contributed by atoms with Gasteiger partial charge in [-0.2, -0.15) is 5.26 Å². The van der Waals surface area contributed by atoms with Gasteiger partial charge < -0.3 is 14.8 Å². The van der Waals surface area contributed by atoms with Crippen LogP contribution in [0.15, 0.2) is 84.4 Å². The Hall–Kier alpha value is -3.10. The maximum atomic E-state index is 12.7. The number of para-hydroxylation sites is 1. The molecular formula is C28H20I2N2O3. The van der Waals surface area contributed by atoms with Gasteiger partial charge in [0, 0.05) is 3.57 Å². The molecule has 4 aromatic rings. The van der Waals surface area contributed by atoms with Crippen molar-refractivity contribution < 1.29 is 14.3 Å². The standard InChI is InChI=1S/C28H20I2N2O3/c1-34-26-15-18(13-21(16-31)28(33)32-25-12-5-4-11-23(25)29)14-24(30)27(26)35-17-20-9-6-8-19-7-2-3-10-22(19)20/h2-15H,17H2,1H3,(H,32,33)/b21-13-. The molecule has 0 aromatic heterocycles. The van der Waals surface area contributed by atoms with E-state index in [1.54, 1.807) is 25.3 Å². The Labute approximate surface area is 231 Å². The Morgan fingerprint density at radius 2 is 1.74 bits per heavy atom. The van der Waals surface area contributed by atoms with E-state index in [0.29, 0.717) is 29.4 Å². The van der Waals surface area contributed by atoms with Crippen LogP contribution in [0.5, 0.6) is 11.5 Å². The molecule has 0 aliphatic rings. The number of nitrogens with zero attached hydrogens (tertiary/aromatic N) is 1. The van der Waals surface area contributed by atoms with Crippen LogP contribution in [0.1, 0.15) is 11.1 Å². The van der Waals surface area contributed by atoms with Crippen molar-refractivity contribution in [3.8, 4) is 17.6 Å². The number of carbonyl (C=O) groups is 1. The lowest BCUT2D eigenvalue weighted by Gasteiger charge is -2.15. The molecule has 0 aliphatic heterocycles. The van der Waals surface area contributed by atoms with E-state index in [0.717, 1.165) is 23.5 Å². The Kier molecular flexibility index (Phi) is 8.25. The molecule has 0 spiro atoms. The molecule has 1 amide bonds. The zero-order chi connectivity index (χ0) is 24.8. The minimum Gasteiger partial charge on any atom is -0.493 e. The van der Waals surface area contributed by atoms with Gasteiger partial charge in [-0.1, -0.05) is 54.6 Å². The fraction of sp³-hybridized carbons (Fsp3) is 0.0714. The lowest BCUT2D eigenvalue weighted by Crippen LogP contribution is -2.14. The molecule has 4 aromatic carbocycles. The zero-order valence-electron chi connectivity index (χ0n) is 18.7. The third-order valence-electron chi connectivity index (χ3n) is 5.30. The number of hydrogen-bond donors (Lipinski definition) is 1. The number of carbonyl (C=O) groups excluding carboxylic acids is 1. The van der Waals surface area contributed by atoms with Gasteiger partial charge in [0.2, 0.25) is 0 Å². The topological polar surface area (TPSA) is 71.3 Å². The van der Waals surface area contributed by atoms with Crippen LogP contribution in [0.2, 0.25) is 0 Å². The molecule has 0 bridgehead atoms. The van der Waals surface area contributed by atoms with E-state index >= 15 is 0 Å². The monoisotopic (exact) mass is 686 g/mol. The number of halogens is 2. The van der Waals surface area contributed by atoms with Crippen molar-refractivity contribution in [2.75, 3.05) is 12.4 Å². The van der Waals surface area contributed by atoms with E-state index in [2.05, 4.69) is 68.7 Å². The van der Waals surface area contributed by atoms with Gasteiger partial charge in [0.25, 0.3) is 5.91 Å². The normalized spacial score (nSPS) is 11.1. The lowest BCUT2D eigenvalue weighted by atomic mass is 10.1. The highest BCUT2D eigenvalue weighted by Crippen LogP contribution is 2.35. The highest BCUT2D eigenvalue weighted by Gasteiger charge is 2.15. The summed E-state index contributed by atoms with van der Waals surface area (Å²) in [5.41, 5.74) is 2.39. The van der Waals surface area contributed by atoms with E-state index in [-0.39, 0.29) is 5.57 Å². The molecule has 7 heteroatoms. The smallest absolute Gasteiger partial charge is 0.266 e. The average Bonchev–Trinajstić information content (AvgIpc) is 2.87. The molecule has 5 nitrogen and oxygen atoms in total. The minimum absolute atomic E-state index is 0.00747. The summed E-state index contributed by atoms with van der Waals surface area (Å²) in [4.78, 5) is 12.7. The molecule has 1 N–H and O–H groups in total. The molecule has 0 radical (unpaired) electrons. The average molecular weight is 686 g/mol. The van der Waals surface area contributed by atoms with Crippen LogP contribution >= 0.6 is 45.2 Å². The van der Waals surface area contributed by atoms with Gasteiger partial charge in [0.05, 0.1) is 16.4 Å². The molecule has 4 rings (SSSR count). The summed E-state index contributed by atoms with van der Waals surface area (Å²) in [6.07, 6.45) is 1.55. The van der Waals surface area contributed by atoms with E-state index < -0.39 is 5.91 Å². The van der Waals surface area contributed by atoms with Gasteiger partial charge in [-0.25, -0.2) is 0 Å². The summed E-state index contributed by atoms with van der Waals surface area (Å²) in [7, 11) is 1.57. The molecule has 174 valence electrons. The van der Waals surface area contributed by atoms with Crippen LogP contribution in [0.25, 0.3) is 16.8 Å². The first-order valence-corrected chi connectivity index (χ1v) is 12.8. The van der Waals surface area contributed by atoms with Crippen molar-refractivity contribution in [2.24, 2.45) is 0 Å². The van der Waals surface area contributed by atoms with Gasteiger partial charge in [-0.15, -0.1) is 0 Å². The number of hydrogen-bond acceptors (Lipinski definition) is 4. The first-order valence-electron chi connectivity index (χ1n) is 10.6. The van der Waals surface area contributed by atoms with Crippen molar-refractivity contribution in [1.29, 1.82) is 5.26 Å². The number of benzene rings is 4. The fourth-order valence-corrected chi connectivity index (χ4v) is 4.90. The van der Waals surface area contributed by atoms with Crippen molar-refractivity contribution in [3.05, 3.63) is 103 Å².